The van der Waals surface area contributed by atoms with Crippen LogP contribution in [0.4, 0.5) is 11.6 Å². The van der Waals surface area contributed by atoms with Gasteiger partial charge in [0, 0.05) is 54.6 Å². The summed E-state index contributed by atoms with van der Waals surface area (Å²) in [6, 6.07) is 11.3. The van der Waals surface area contributed by atoms with E-state index in [9.17, 15) is 4.79 Å². The Hall–Kier alpha value is -4.38. The van der Waals surface area contributed by atoms with Crippen LogP contribution in [-0.4, -0.2) is 38.3 Å². The van der Waals surface area contributed by atoms with E-state index < -0.39 is 0 Å². The third kappa shape index (κ3) is 5.46. The highest BCUT2D eigenvalue weighted by atomic mass is 16.5. The number of hydrogen-bond acceptors (Lipinski definition) is 6. The summed E-state index contributed by atoms with van der Waals surface area (Å²) in [4.78, 5) is 20.3. The molecule has 0 spiro atoms. The number of rotatable bonds is 7. The fourth-order valence-corrected chi connectivity index (χ4v) is 3.41. The molecule has 0 aliphatic heterocycles. The van der Waals surface area contributed by atoms with E-state index in [1.54, 1.807) is 17.1 Å². The molecule has 4 aromatic rings. The van der Waals surface area contributed by atoms with Crippen molar-refractivity contribution in [1.29, 1.82) is 0 Å². The maximum atomic E-state index is 11.3. The van der Waals surface area contributed by atoms with Crippen molar-refractivity contribution in [2.24, 2.45) is 7.05 Å². The van der Waals surface area contributed by atoms with Crippen LogP contribution in [0.2, 0.25) is 0 Å². The molecule has 0 saturated carbocycles. The Morgan fingerprint density at radius 1 is 1.21 bits per heavy atom. The Bertz CT molecular complexity index is 1350. The number of ether oxygens (including phenoxy) is 1. The topological polar surface area (TPSA) is 94.0 Å². The first kappa shape index (κ1) is 21.8. The molecule has 0 radical (unpaired) electrons. The summed E-state index contributed by atoms with van der Waals surface area (Å²) in [7, 11) is 1.87. The van der Waals surface area contributed by atoms with Crippen LogP contribution >= 0.6 is 0 Å². The molecule has 4 rings (SSSR count). The molecular formula is C25H24N6O2. The Morgan fingerprint density at radius 3 is 2.79 bits per heavy atom. The Morgan fingerprint density at radius 2 is 2.06 bits per heavy atom. The number of aryl methyl sites for hydroxylation is 1. The maximum absolute atomic E-state index is 11.3. The lowest BCUT2D eigenvalue weighted by Crippen LogP contribution is -2.35. The second-order valence-corrected chi connectivity index (χ2v) is 7.80. The summed E-state index contributed by atoms with van der Waals surface area (Å²) in [6.07, 6.45) is 10.9. The zero-order valence-electron chi connectivity index (χ0n) is 18.7. The van der Waals surface area contributed by atoms with E-state index in [0.29, 0.717) is 18.3 Å². The number of benzene rings is 2. The fraction of sp³-hybridized carbons (Fsp3) is 0.200. The lowest BCUT2D eigenvalue weighted by molar-refractivity contribution is -0.119. The number of fused-ring (bicyclic) bond motifs is 1. The Balaban J connectivity index is 1.62. The molecule has 0 aliphatic carbocycles. The van der Waals surface area contributed by atoms with Crippen molar-refractivity contribution >= 4 is 28.4 Å². The molecule has 166 valence electrons. The van der Waals surface area contributed by atoms with Crippen LogP contribution in [0.25, 0.3) is 22.0 Å². The minimum atomic E-state index is -0.127. The minimum Gasteiger partial charge on any atom is -0.491 e. The first-order chi connectivity index (χ1) is 15.9. The molecule has 2 N–H and O–H groups in total. The third-order valence-corrected chi connectivity index (χ3v) is 4.90. The molecule has 2 aromatic carbocycles. The fourth-order valence-electron chi connectivity index (χ4n) is 3.41. The highest BCUT2D eigenvalue weighted by Gasteiger charge is 2.10. The van der Waals surface area contributed by atoms with Gasteiger partial charge in [-0.25, -0.2) is 9.97 Å². The standard InChI is InChI=1S/C25H24N6O2/c1-5-18-6-7-24-20(8-18)12-26-25(30-24)29-22-9-19(21-13-27-31(4)14-21)10-23(11-22)33-15-16(2)28-17(3)32/h1,6-14,16H,15H2,2-4H3,(H,28,32)(H,26,29,30)/t16-/m1/s1. The molecule has 0 saturated heterocycles. The zero-order chi connectivity index (χ0) is 23.4. The van der Waals surface area contributed by atoms with Crippen LogP contribution in [0, 0.1) is 12.3 Å². The van der Waals surface area contributed by atoms with E-state index in [4.69, 9.17) is 11.2 Å². The van der Waals surface area contributed by atoms with Crippen molar-refractivity contribution in [1.82, 2.24) is 25.1 Å². The molecule has 2 aromatic heterocycles. The summed E-state index contributed by atoms with van der Waals surface area (Å²) >= 11 is 0. The monoisotopic (exact) mass is 440 g/mol. The van der Waals surface area contributed by atoms with Gasteiger partial charge in [-0.1, -0.05) is 5.92 Å². The van der Waals surface area contributed by atoms with E-state index in [2.05, 4.69) is 31.6 Å². The Labute approximate surface area is 192 Å². The van der Waals surface area contributed by atoms with Gasteiger partial charge < -0.3 is 15.4 Å². The molecule has 8 heteroatoms. The molecule has 8 nitrogen and oxygen atoms in total. The van der Waals surface area contributed by atoms with Crippen LogP contribution < -0.4 is 15.4 Å². The molecule has 0 aliphatic rings. The molecule has 0 bridgehead atoms. The predicted octanol–water partition coefficient (Wildman–Crippen LogP) is 3.66. The van der Waals surface area contributed by atoms with Crippen molar-refractivity contribution < 1.29 is 9.53 Å². The summed E-state index contributed by atoms with van der Waals surface area (Å²) in [5.74, 6) is 3.63. The summed E-state index contributed by atoms with van der Waals surface area (Å²) in [5, 5.41) is 11.2. The van der Waals surface area contributed by atoms with Crippen molar-refractivity contribution in [3.63, 3.8) is 0 Å². The van der Waals surface area contributed by atoms with Gasteiger partial charge in [0.05, 0.1) is 17.8 Å². The largest absolute Gasteiger partial charge is 0.491 e. The van der Waals surface area contributed by atoms with Gasteiger partial charge in [0.25, 0.3) is 0 Å². The molecule has 2 heterocycles. The third-order valence-electron chi connectivity index (χ3n) is 4.90. The second kappa shape index (κ2) is 9.40. The molecule has 33 heavy (non-hydrogen) atoms. The average Bonchev–Trinajstić information content (AvgIpc) is 3.23. The SMILES string of the molecule is C#Cc1ccc2nc(Nc3cc(OC[C@@H](C)NC(C)=O)cc(-c4cnn(C)c4)c3)ncc2c1. The molecular weight excluding hydrogens is 416 g/mol. The lowest BCUT2D eigenvalue weighted by atomic mass is 10.1. The number of nitrogens with zero attached hydrogens (tertiary/aromatic N) is 4. The normalized spacial score (nSPS) is 11.6. The van der Waals surface area contributed by atoms with Crippen LogP contribution in [-0.2, 0) is 11.8 Å². The number of hydrogen-bond donors (Lipinski definition) is 2. The lowest BCUT2D eigenvalue weighted by Gasteiger charge is -2.16. The number of carbonyl (C=O) groups is 1. The number of terminal acetylenes is 1. The van der Waals surface area contributed by atoms with Gasteiger partial charge in [-0.2, -0.15) is 5.10 Å². The first-order valence-corrected chi connectivity index (χ1v) is 10.4. The van der Waals surface area contributed by atoms with Crippen LogP contribution in [0.5, 0.6) is 5.75 Å². The first-order valence-electron chi connectivity index (χ1n) is 10.4. The van der Waals surface area contributed by atoms with Crippen molar-refractivity contribution in [2.75, 3.05) is 11.9 Å². The van der Waals surface area contributed by atoms with Gasteiger partial charge in [-0.05, 0) is 42.8 Å². The summed E-state index contributed by atoms with van der Waals surface area (Å²) < 4.78 is 7.71. The number of aromatic nitrogens is 4. The van der Waals surface area contributed by atoms with Crippen molar-refractivity contribution in [3.8, 4) is 29.2 Å². The van der Waals surface area contributed by atoms with Gasteiger partial charge >= 0.3 is 0 Å². The predicted molar refractivity (Wildman–Crippen MR) is 128 cm³/mol. The highest BCUT2D eigenvalue weighted by molar-refractivity contribution is 5.81. The molecule has 0 unspecified atom stereocenters. The molecule has 0 fully saturated rings. The minimum absolute atomic E-state index is 0.0969. The van der Waals surface area contributed by atoms with Gasteiger partial charge in [0.15, 0.2) is 0 Å². The highest BCUT2D eigenvalue weighted by Crippen LogP contribution is 2.30. The number of carbonyl (C=O) groups excluding carboxylic acids is 1. The van der Waals surface area contributed by atoms with E-state index in [0.717, 1.165) is 33.3 Å². The van der Waals surface area contributed by atoms with Gasteiger partial charge in [0.1, 0.15) is 12.4 Å². The van der Waals surface area contributed by atoms with Crippen LogP contribution in [0.1, 0.15) is 19.4 Å². The van der Waals surface area contributed by atoms with Gasteiger partial charge in [0.2, 0.25) is 11.9 Å². The van der Waals surface area contributed by atoms with E-state index in [1.807, 2.05) is 56.6 Å². The summed E-state index contributed by atoms with van der Waals surface area (Å²) in [5.41, 5.74) is 4.21. The summed E-state index contributed by atoms with van der Waals surface area (Å²) in [6.45, 7) is 3.71. The quantitative estimate of drug-likeness (QED) is 0.426. The average molecular weight is 441 g/mol. The van der Waals surface area contributed by atoms with E-state index in [-0.39, 0.29) is 11.9 Å². The maximum Gasteiger partial charge on any atom is 0.227 e. The van der Waals surface area contributed by atoms with Crippen LogP contribution in [0.3, 0.4) is 0 Å². The smallest absolute Gasteiger partial charge is 0.227 e. The number of anilines is 2. The van der Waals surface area contributed by atoms with Crippen molar-refractivity contribution in [2.45, 2.75) is 19.9 Å². The second-order valence-electron chi connectivity index (χ2n) is 7.80. The van der Waals surface area contributed by atoms with Gasteiger partial charge in [-0.3, -0.25) is 9.48 Å². The van der Waals surface area contributed by atoms with Crippen molar-refractivity contribution in [3.05, 3.63) is 60.6 Å². The number of amides is 1. The molecule has 1 atom stereocenters. The number of nitrogens with one attached hydrogen (secondary N) is 2. The Kier molecular flexibility index (Phi) is 6.22. The van der Waals surface area contributed by atoms with E-state index in [1.165, 1.54) is 6.92 Å². The van der Waals surface area contributed by atoms with Gasteiger partial charge in [-0.15, -0.1) is 6.42 Å². The zero-order valence-corrected chi connectivity index (χ0v) is 18.7. The van der Waals surface area contributed by atoms with E-state index >= 15 is 0 Å². The van der Waals surface area contributed by atoms with Crippen LogP contribution in [0.15, 0.2) is 55.0 Å². The molecule has 1 amide bonds.